The first kappa shape index (κ1) is 11.0. The number of anilines is 1. The van der Waals surface area contributed by atoms with Gasteiger partial charge in [-0.15, -0.1) is 0 Å². The highest BCUT2D eigenvalue weighted by Gasteiger charge is 2.08. The number of fused-ring (bicyclic) bond motifs is 3. The molecule has 20 heavy (non-hydrogen) atoms. The predicted molar refractivity (Wildman–Crippen MR) is 79.2 cm³/mol. The Morgan fingerprint density at radius 2 is 1.75 bits per heavy atom. The lowest BCUT2D eigenvalue weighted by Crippen LogP contribution is -1.94. The lowest BCUT2D eigenvalue weighted by atomic mass is 10.1. The van der Waals surface area contributed by atoms with Gasteiger partial charge < -0.3 is 10.2 Å². The molecule has 0 radical (unpaired) electrons. The van der Waals surface area contributed by atoms with Crippen molar-refractivity contribution in [3.63, 3.8) is 0 Å². The van der Waals surface area contributed by atoms with Crippen molar-refractivity contribution >= 4 is 27.9 Å². The minimum atomic E-state index is 0.277. The van der Waals surface area contributed by atoms with Crippen molar-refractivity contribution < 1.29 is 4.42 Å². The van der Waals surface area contributed by atoms with Crippen molar-refractivity contribution in [2.45, 2.75) is 0 Å². The second-order valence-electron chi connectivity index (χ2n) is 4.61. The van der Waals surface area contributed by atoms with E-state index in [1.165, 1.54) is 0 Å². The maximum atomic E-state index is 5.81. The van der Waals surface area contributed by atoms with Crippen molar-refractivity contribution in [2.75, 3.05) is 5.73 Å². The van der Waals surface area contributed by atoms with Gasteiger partial charge in [-0.3, -0.25) is 0 Å². The normalized spacial score (nSPS) is 11.2. The Morgan fingerprint density at radius 3 is 2.65 bits per heavy atom. The van der Waals surface area contributed by atoms with E-state index >= 15 is 0 Å². The molecule has 0 spiro atoms. The molecule has 0 aliphatic heterocycles. The van der Waals surface area contributed by atoms with Crippen LogP contribution in [-0.4, -0.2) is 9.97 Å². The zero-order valence-electron chi connectivity index (χ0n) is 10.6. The number of nitrogens with zero attached hydrogens (tertiary/aromatic N) is 2. The summed E-state index contributed by atoms with van der Waals surface area (Å²) in [6.45, 7) is 0. The first-order valence-electron chi connectivity index (χ1n) is 6.31. The van der Waals surface area contributed by atoms with Crippen LogP contribution in [0.3, 0.4) is 0 Å². The van der Waals surface area contributed by atoms with Gasteiger partial charge in [-0.1, -0.05) is 18.2 Å². The van der Waals surface area contributed by atoms with E-state index in [0.29, 0.717) is 0 Å². The monoisotopic (exact) mass is 261 g/mol. The Kier molecular flexibility index (Phi) is 2.23. The topological polar surface area (TPSA) is 64.9 Å². The molecule has 2 aromatic heterocycles. The van der Waals surface area contributed by atoms with Gasteiger partial charge in [0.25, 0.3) is 0 Å². The third kappa shape index (κ3) is 1.62. The van der Waals surface area contributed by atoms with Gasteiger partial charge in [0, 0.05) is 22.5 Å². The predicted octanol–water partition coefficient (Wildman–Crippen LogP) is 3.63. The Balaban J connectivity index is 2.00. The molecule has 4 nitrogen and oxygen atoms in total. The van der Waals surface area contributed by atoms with Crippen molar-refractivity contribution in [1.82, 2.24) is 9.97 Å². The minimum Gasteiger partial charge on any atom is -0.456 e. The van der Waals surface area contributed by atoms with Gasteiger partial charge in [-0.25, -0.2) is 9.97 Å². The molecule has 0 unspecified atom stereocenters. The summed E-state index contributed by atoms with van der Waals surface area (Å²) in [7, 11) is 0. The highest BCUT2D eigenvalue weighted by Crippen LogP contribution is 2.31. The Morgan fingerprint density at radius 1 is 0.900 bits per heavy atom. The molecule has 2 N–H and O–H groups in total. The van der Waals surface area contributed by atoms with Crippen molar-refractivity contribution in [2.24, 2.45) is 0 Å². The summed E-state index contributed by atoms with van der Waals surface area (Å²) in [5.41, 5.74) is 9.21. The smallest absolute Gasteiger partial charge is 0.220 e. The second kappa shape index (κ2) is 4.06. The maximum absolute atomic E-state index is 5.81. The Bertz CT molecular complexity index is 927. The Labute approximate surface area is 114 Å². The number of benzene rings is 2. The quantitative estimate of drug-likeness (QED) is 0.568. The van der Waals surface area contributed by atoms with Gasteiger partial charge in [0.15, 0.2) is 0 Å². The number of hydrogen-bond donors (Lipinski definition) is 1. The van der Waals surface area contributed by atoms with Crippen LogP contribution in [0.4, 0.5) is 5.95 Å². The molecule has 4 rings (SSSR count). The number of nitrogens with two attached hydrogens (primary N) is 1. The molecule has 0 fully saturated rings. The van der Waals surface area contributed by atoms with Crippen LogP contribution in [0.1, 0.15) is 0 Å². The van der Waals surface area contributed by atoms with Gasteiger partial charge in [0.1, 0.15) is 11.2 Å². The first-order valence-corrected chi connectivity index (χ1v) is 6.31. The number of aromatic nitrogens is 2. The highest BCUT2D eigenvalue weighted by atomic mass is 16.3. The SMILES string of the molecule is Nc1nccc(-c2ccc3oc4ccccc4c3c2)n1. The number of hydrogen-bond acceptors (Lipinski definition) is 4. The standard InChI is InChI=1S/C16H11N3O/c17-16-18-8-7-13(19-16)10-5-6-15-12(9-10)11-3-1-2-4-14(11)20-15/h1-9H,(H2,17,18,19). The summed E-state index contributed by atoms with van der Waals surface area (Å²) in [6.07, 6.45) is 1.66. The van der Waals surface area contributed by atoms with Crippen LogP contribution in [0.15, 0.2) is 59.1 Å². The average molecular weight is 261 g/mol. The zero-order valence-corrected chi connectivity index (χ0v) is 10.6. The summed E-state index contributed by atoms with van der Waals surface area (Å²) >= 11 is 0. The fraction of sp³-hybridized carbons (Fsp3) is 0. The molecule has 0 amide bonds. The van der Waals surface area contributed by atoms with Crippen LogP contribution in [0, 0.1) is 0 Å². The molecule has 0 aliphatic rings. The van der Waals surface area contributed by atoms with E-state index in [2.05, 4.69) is 22.1 Å². The van der Waals surface area contributed by atoms with Crippen LogP contribution < -0.4 is 5.73 Å². The third-order valence-electron chi connectivity index (χ3n) is 3.35. The first-order chi connectivity index (χ1) is 9.81. The molecule has 0 atom stereocenters. The van der Waals surface area contributed by atoms with E-state index in [9.17, 15) is 0 Å². The summed E-state index contributed by atoms with van der Waals surface area (Å²) in [6, 6.07) is 15.9. The molecule has 2 aromatic carbocycles. The van der Waals surface area contributed by atoms with E-state index in [1.54, 1.807) is 6.20 Å². The van der Waals surface area contributed by atoms with Crippen LogP contribution in [0.25, 0.3) is 33.2 Å². The molecule has 0 aliphatic carbocycles. The summed E-state index contributed by atoms with van der Waals surface area (Å²) in [5.74, 6) is 0.277. The van der Waals surface area contributed by atoms with Crippen LogP contribution >= 0.6 is 0 Å². The van der Waals surface area contributed by atoms with Gasteiger partial charge in [-0.2, -0.15) is 0 Å². The molecule has 0 bridgehead atoms. The van der Waals surface area contributed by atoms with E-state index in [4.69, 9.17) is 10.2 Å². The van der Waals surface area contributed by atoms with Crippen molar-refractivity contribution in [3.8, 4) is 11.3 Å². The largest absolute Gasteiger partial charge is 0.456 e. The summed E-state index contributed by atoms with van der Waals surface area (Å²) in [4.78, 5) is 8.17. The lowest BCUT2D eigenvalue weighted by molar-refractivity contribution is 0.669. The fourth-order valence-corrected chi connectivity index (χ4v) is 2.42. The van der Waals surface area contributed by atoms with Crippen LogP contribution in [0.2, 0.25) is 0 Å². The Hall–Kier alpha value is -2.88. The fourth-order valence-electron chi connectivity index (χ4n) is 2.42. The maximum Gasteiger partial charge on any atom is 0.220 e. The van der Waals surface area contributed by atoms with Crippen molar-refractivity contribution in [1.29, 1.82) is 0 Å². The molecule has 96 valence electrons. The van der Waals surface area contributed by atoms with Gasteiger partial charge in [0.05, 0.1) is 5.69 Å². The van der Waals surface area contributed by atoms with Gasteiger partial charge in [0.2, 0.25) is 5.95 Å². The van der Waals surface area contributed by atoms with Crippen LogP contribution in [-0.2, 0) is 0 Å². The molecule has 0 saturated heterocycles. The van der Waals surface area contributed by atoms with Crippen LogP contribution in [0.5, 0.6) is 0 Å². The second-order valence-corrected chi connectivity index (χ2v) is 4.61. The molecular weight excluding hydrogens is 250 g/mol. The van der Waals surface area contributed by atoms with E-state index in [0.717, 1.165) is 33.2 Å². The van der Waals surface area contributed by atoms with E-state index < -0.39 is 0 Å². The number of furan rings is 1. The van der Waals surface area contributed by atoms with Crippen molar-refractivity contribution in [3.05, 3.63) is 54.7 Å². The molecule has 2 heterocycles. The zero-order chi connectivity index (χ0) is 13.5. The summed E-state index contributed by atoms with van der Waals surface area (Å²) < 4.78 is 5.81. The van der Waals surface area contributed by atoms with Gasteiger partial charge in [-0.05, 0) is 30.3 Å². The lowest BCUT2D eigenvalue weighted by Gasteiger charge is -2.01. The van der Waals surface area contributed by atoms with E-state index in [-0.39, 0.29) is 5.95 Å². The van der Waals surface area contributed by atoms with Gasteiger partial charge >= 0.3 is 0 Å². The molecular formula is C16H11N3O. The minimum absolute atomic E-state index is 0.277. The number of rotatable bonds is 1. The summed E-state index contributed by atoms with van der Waals surface area (Å²) in [5, 5.41) is 2.18. The third-order valence-corrected chi connectivity index (χ3v) is 3.35. The average Bonchev–Trinajstić information content (AvgIpc) is 2.85. The number of nitrogen functional groups attached to an aromatic ring is 1. The molecule has 0 saturated carbocycles. The highest BCUT2D eigenvalue weighted by molar-refractivity contribution is 6.06. The molecule has 4 aromatic rings. The number of para-hydroxylation sites is 1. The van der Waals surface area contributed by atoms with E-state index in [1.807, 2.05) is 36.4 Å². The molecule has 4 heteroatoms.